The maximum Gasteiger partial charge on any atom is 0.216 e. The number of aromatic nitrogens is 3. The zero-order valence-electron chi connectivity index (χ0n) is 31.2. The second-order valence-corrected chi connectivity index (χ2v) is 13.5. The Morgan fingerprint density at radius 2 is 1.56 bits per heavy atom. The quantitative estimate of drug-likeness (QED) is 0.163. The summed E-state index contributed by atoms with van der Waals surface area (Å²) in [6.07, 6.45) is 5.56. The van der Waals surface area contributed by atoms with Crippen molar-refractivity contribution >= 4 is 22.1 Å². The number of furan rings is 1. The maximum atomic E-state index is 7.64. The summed E-state index contributed by atoms with van der Waals surface area (Å²) in [6.45, 7) is 10.7. The Morgan fingerprint density at radius 1 is 0.771 bits per heavy atom. The van der Waals surface area contributed by atoms with Crippen LogP contribution in [0.5, 0.6) is 0 Å². The summed E-state index contributed by atoms with van der Waals surface area (Å²) in [7, 11) is 0. The van der Waals surface area contributed by atoms with E-state index in [2.05, 4.69) is 117 Å². The fraction of sp³-hybridized carbons (Fsp3) is 0.233. The smallest absolute Gasteiger partial charge is 0.216 e. The van der Waals surface area contributed by atoms with Crippen molar-refractivity contribution in [3.05, 3.63) is 149 Å². The number of fused-ring (bicyclic) bond motifs is 3. The average Bonchev–Trinajstić information content (AvgIpc) is 3.45. The van der Waals surface area contributed by atoms with E-state index in [9.17, 15) is 0 Å². The van der Waals surface area contributed by atoms with Crippen molar-refractivity contribution in [2.45, 2.75) is 61.2 Å². The number of rotatable bonds is 5. The van der Waals surface area contributed by atoms with E-state index < -0.39 is 6.85 Å². The molecule has 0 aliphatic carbocycles. The zero-order valence-corrected chi connectivity index (χ0v) is 30.6. The predicted molar refractivity (Wildman–Crippen MR) is 193 cm³/mol. The molecule has 245 valence electrons. The van der Waals surface area contributed by atoms with Crippen molar-refractivity contribution in [2.75, 3.05) is 0 Å². The summed E-state index contributed by atoms with van der Waals surface area (Å²) in [5.41, 5.74) is 12.2. The Balaban J connectivity index is 0.000000264. The van der Waals surface area contributed by atoms with Crippen molar-refractivity contribution in [2.24, 2.45) is 5.41 Å². The average molecular weight is 811 g/mol. The van der Waals surface area contributed by atoms with Crippen LogP contribution in [-0.2, 0) is 32.9 Å². The normalized spacial score (nSPS) is 12.4. The molecule has 0 spiro atoms. The van der Waals surface area contributed by atoms with Gasteiger partial charge in [-0.3, -0.25) is 0 Å². The van der Waals surface area contributed by atoms with E-state index in [4.69, 9.17) is 8.53 Å². The molecule has 7 aromatic rings. The molecular weight excluding hydrogens is 767 g/mol. The van der Waals surface area contributed by atoms with Gasteiger partial charge in [0, 0.05) is 47.7 Å². The second kappa shape index (κ2) is 14.8. The molecule has 4 nitrogen and oxygen atoms in total. The van der Waals surface area contributed by atoms with Gasteiger partial charge >= 0.3 is 0 Å². The first-order chi connectivity index (χ1) is 23.7. The van der Waals surface area contributed by atoms with Gasteiger partial charge in [-0.05, 0) is 90.8 Å². The van der Waals surface area contributed by atoms with Gasteiger partial charge in [0.25, 0.3) is 0 Å². The third-order valence-electron chi connectivity index (χ3n) is 8.16. The van der Waals surface area contributed by atoms with Crippen LogP contribution in [0, 0.1) is 45.2 Å². The number of hydrogen-bond donors (Lipinski definition) is 0. The SMILES string of the molecule is Cc1c[c-]c(-c2cc(C)c(C)cn2)cc1.[2H]C([2H])([2H])c1ccc2c(n1)oc1c(-c3cc(Cc4ccc(CC(C)(C)C)cc4)ccn3)[c-]ccc12.[Ir]. The Kier molecular flexibility index (Phi) is 9.49. The molecule has 1 radical (unpaired) electrons. The fourth-order valence-electron chi connectivity index (χ4n) is 5.59. The van der Waals surface area contributed by atoms with Crippen molar-refractivity contribution in [3.63, 3.8) is 0 Å². The zero-order chi connectivity index (χ0) is 35.6. The predicted octanol–water partition coefficient (Wildman–Crippen LogP) is 10.8. The number of nitrogens with zero attached hydrogens (tertiary/aromatic N) is 3. The third kappa shape index (κ3) is 8.34. The van der Waals surface area contributed by atoms with Crippen LogP contribution in [0.4, 0.5) is 0 Å². The van der Waals surface area contributed by atoms with Crippen molar-refractivity contribution in [3.8, 4) is 22.5 Å². The minimum absolute atomic E-state index is 0. The van der Waals surface area contributed by atoms with E-state index in [1.807, 2.05) is 30.5 Å². The molecule has 0 amide bonds. The van der Waals surface area contributed by atoms with E-state index in [1.165, 1.54) is 33.9 Å². The molecule has 0 aliphatic rings. The summed E-state index contributed by atoms with van der Waals surface area (Å²) in [4.78, 5) is 13.2. The van der Waals surface area contributed by atoms with Gasteiger partial charge in [0.2, 0.25) is 5.71 Å². The summed E-state index contributed by atoms with van der Waals surface area (Å²) in [5.74, 6) is 0. The van der Waals surface area contributed by atoms with Gasteiger partial charge in [-0.15, -0.1) is 53.6 Å². The van der Waals surface area contributed by atoms with Crippen molar-refractivity contribution in [1.29, 1.82) is 0 Å². The van der Waals surface area contributed by atoms with Gasteiger partial charge in [-0.1, -0.05) is 80.6 Å². The first-order valence-electron chi connectivity index (χ1n) is 17.4. The van der Waals surface area contributed by atoms with Gasteiger partial charge in [-0.2, -0.15) is 0 Å². The first kappa shape index (κ1) is 30.9. The Hall–Kier alpha value is -4.44. The minimum atomic E-state index is -2.29. The van der Waals surface area contributed by atoms with Crippen LogP contribution >= 0.6 is 0 Å². The maximum absolute atomic E-state index is 7.64. The Morgan fingerprint density at radius 3 is 2.27 bits per heavy atom. The van der Waals surface area contributed by atoms with Gasteiger partial charge in [0.1, 0.15) is 0 Å². The second-order valence-electron chi connectivity index (χ2n) is 13.5. The van der Waals surface area contributed by atoms with Gasteiger partial charge in [0.05, 0.1) is 5.58 Å². The van der Waals surface area contributed by atoms with E-state index in [1.54, 1.807) is 12.3 Å². The van der Waals surface area contributed by atoms with Crippen LogP contribution < -0.4 is 0 Å². The molecule has 4 aromatic heterocycles. The third-order valence-corrected chi connectivity index (χ3v) is 8.16. The molecule has 7 rings (SSSR count). The largest absolute Gasteiger partial charge is 0.486 e. The molecule has 48 heavy (non-hydrogen) atoms. The molecule has 0 saturated carbocycles. The summed E-state index contributed by atoms with van der Waals surface area (Å²) in [5, 5.41) is 1.63. The number of aryl methyl sites for hydroxylation is 4. The van der Waals surface area contributed by atoms with Gasteiger partial charge in [0.15, 0.2) is 0 Å². The van der Waals surface area contributed by atoms with E-state index in [-0.39, 0.29) is 31.2 Å². The van der Waals surface area contributed by atoms with Crippen LogP contribution in [0.25, 0.3) is 44.6 Å². The van der Waals surface area contributed by atoms with E-state index in [0.717, 1.165) is 51.7 Å². The summed E-state index contributed by atoms with van der Waals surface area (Å²) >= 11 is 0. The fourth-order valence-corrected chi connectivity index (χ4v) is 5.59. The minimum Gasteiger partial charge on any atom is -0.486 e. The van der Waals surface area contributed by atoms with Crippen molar-refractivity contribution in [1.82, 2.24) is 15.0 Å². The van der Waals surface area contributed by atoms with Crippen molar-refractivity contribution < 1.29 is 28.6 Å². The standard InChI is InChI=1S/C29H27N2O.C14H14N.Ir/c1-19-8-13-24-23-6-5-7-25(27(23)32-28(24)31-19)26-17-22(14-15-30-26)16-20-9-11-21(12-10-20)18-29(2,3)4;1-10-4-6-13(7-5-10)14-8-11(2)12(3)9-15-14;/h5-6,8-15,17H,16,18H2,1-4H3;4-6,8-9H,1-3H3;/q2*-1;/i1D3;;. The molecule has 4 heterocycles. The molecular formula is C43H41IrN3O-2. The molecule has 0 bridgehead atoms. The molecule has 0 unspecified atom stereocenters. The molecule has 0 aliphatic heterocycles. The molecule has 0 saturated heterocycles. The van der Waals surface area contributed by atoms with Crippen LogP contribution in [-0.4, -0.2) is 15.0 Å². The van der Waals surface area contributed by atoms with Gasteiger partial charge < -0.3 is 14.4 Å². The van der Waals surface area contributed by atoms with Crippen LogP contribution in [0.1, 0.15) is 64.0 Å². The number of hydrogen-bond acceptors (Lipinski definition) is 4. The number of pyridine rings is 3. The Labute approximate surface area is 302 Å². The molecule has 0 fully saturated rings. The first-order valence-corrected chi connectivity index (χ1v) is 15.9. The molecule has 5 heteroatoms. The van der Waals surface area contributed by atoms with Crippen LogP contribution in [0.15, 0.2) is 102 Å². The summed E-state index contributed by atoms with van der Waals surface area (Å²) in [6, 6.07) is 34.7. The van der Waals surface area contributed by atoms with E-state index in [0.29, 0.717) is 11.3 Å². The van der Waals surface area contributed by atoms with E-state index >= 15 is 0 Å². The monoisotopic (exact) mass is 811 g/mol. The molecule has 3 aromatic carbocycles. The Bertz CT molecular complexity index is 2270. The van der Waals surface area contributed by atoms with Gasteiger partial charge in [-0.25, -0.2) is 4.98 Å². The molecule has 0 N–H and O–H groups in total. The summed E-state index contributed by atoms with van der Waals surface area (Å²) < 4.78 is 29.0. The molecule has 0 atom stereocenters. The van der Waals surface area contributed by atoms with Crippen LogP contribution in [0.3, 0.4) is 0 Å². The van der Waals surface area contributed by atoms with Crippen LogP contribution in [0.2, 0.25) is 0 Å². The number of benzene rings is 3. The topological polar surface area (TPSA) is 51.8 Å².